The van der Waals surface area contributed by atoms with Gasteiger partial charge in [-0.25, -0.2) is 0 Å². The second-order valence-electron chi connectivity index (χ2n) is 8.25. The van der Waals surface area contributed by atoms with Gasteiger partial charge in [-0.1, -0.05) is 6.92 Å². The first-order chi connectivity index (χ1) is 9.57. The van der Waals surface area contributed by atoms with Gasteiger partial charge in [0.25, 0.3) is 0 Å². The Hall–Kier alpha value is -0.160. The number of ether oxygens (including phenoxy) is 3. The predicted octanol–water partition coefficient (Wildman–Crippen LogP) is 3.12. The van der Waals surface area contributed by atoms with E-state index < -0.39 is 5.79 Å². The van der Waals surface area contributed by atoms with E-state index in [0.717, 1.165) is 19.3 Å². The summed E-state index contributed by atoms with van der Waals surface area (Å²) >= 11 is 0. The molecule has 2 fully saturated rings. The first kappa shape index (κ1) is 17.2. The summed E-state index contributed by atoms with van der Waals surface area (Å²) < 4.78 is 18.4. The molecule has 0 spiro atoms. The van der Waals surface area contributed by atoms with E-state index in [-0.39, 0.29) is 35.7 Å². The zero-order chi connectivity index (χ0) is 15.9. The van der Waals surface area contributed by atoms with Crippen LogP contribution in [0.5, 0.6) is 0 Å². The third kappa shape index (κ3) is 3.79. The molecule has 1 saturated heterocycles. The highest BCUT2D eigenvalue weighted by molar-refractivity contribution is 5.00. The molecule has 1 saturated carbocycles. The van der Waals surface area contributed by atoms with Gasteiger partial charge in [-0.05, 0) is 53.9 Å². The molecular formula is C17H32O4. The van der Waals surface area contributed by atoms with Crippen LogP contribution in [0.4, 0.5) is 0 Å². The summed E-state index contributed by atoms with van der Waals surface area (Å²) in [6.45, 7) is 13.3. The van der Waals surface area contributed by atoms with Crippen molar-refractivity contribution in [3.05, 3.63) is 0 Å². The van der Waals surface area contributed by atoms with Crippen molar-refractivity contribution in [3.8, 4) is 0 Å². The summed E-state index contributed by atoms with van der Waals surface area (Å²) in [7, 11) is 0. The standard InChI is InChI=1S/C17H32O4/c1-15(2,3)21-14-8-7-13-12(17(14,6)9-10-18)11-19-16(4,5)20-13/h12-14,18H,7-11H2,1-6H3/t12-,13?,14-,17-/m0/s1. The molecule has 0 amide bonds. The lowest BCUT2D eigenvalue weighted by atomic mass is 9.62. The molecule has 2 rings (SSSR count). The van der Waals surface area contributed by atoms with E-state index >= 15 is 0 Å². The predicted molar refractivity (Wildman–Crippen MR) is 82.1 cm³/mol. The van der Waals surface area contributed by atoms with Gasteiger partial charge in [0.1, 0.15) is 0 Å². The summed E-state index contributed by atoms with van der Waals surface area (Å²) in [5.41, 5.74) is -0.286. The molecule has 4 nitrogen and oxygen atoms in total. The van der Waals surface area contributed by atoms with Gasteiger partial charge in [-0.2, -0.15) is 0 Å². The molecule has 0 radical (unpaired) electrons. The SMILES string of the molecule is CC(C)(C)O[C@H]1CCC2OC(C)(C)OC[C@@H]2[C@]1(C)CCO. The van der Waals surface area contributed by atoms with E-state index in [1.54, 1.807) is 0 Å². The molecule has 0 aromatic carbocycles. The lowest BCUT2D eigenvalue weighted by molar-refractivity contribution is -0.328. The van der Waals surface area contributed by atoms with Gasteiger partial charge < -0.3 is 19.3 Å². The summed E-state index contributed by atoms with van der Waals surface area (Å²) in [5.74, 6) is -0.224. The highest BCUT2D eigenvalue weighted by Crippen LogP contribution is 2.50. The second kappa shape index (κ2) is 5.80. The monoisotopic (exact) mass is 300 g/mol. The fourth-order valence-electron chi connectivity index (χ4n) is 3.85. The molecule has 1 heterocycles. The highest BCUT2D eigenvalue weighted by Gasteiger charge is 2.53. The largest absolute Gasteiger partial charge is 0.396 e. The Balaban J connectivity index is 2.21. The van der Waals surface area contributed by atoms with Crippen molar-refractivity contribution >= 4 is 0 Å². The van der Waals surface area contributed by atoms with Crippen molar-refractivity contribution in [2.75, 3.05) is 13.2 Å². The Morgan fingerprint density at radius 3 is 2.43 bits per heavy atom. The summed E-state index contributed by atoms with van der Waals surface area (Å²) in [6, 6.07) is 0. The molecule has 1 aliphatic carbocycles. The first-order valence-corrected chi connectivity index (χ1v) is 8.18. The minimum absolute atomic E-state index is 0.110. The van der Waals surface area contributed by atoms with Crippen LogP contribution in [0.1, 0.15) is 60.8 Å². The minimum Gasteiger partial charge on any atom is -0.396 e. The van der Waals surface area contributed by atoms with Crippen LogP contribution in [-0.2, 0) is 14.2 Å². The zero-order valence-corrected chi connectivity index (χ0v) is 14.4. The molecule has 1 unspecified atom stereocenters. The summed E-state index contributed by atoms with van der Waals surface area (Å²) in [5, 5.41) is 9.56. The van der Waals surface area contributed by atoms with Gasteiger partial charge >= 0.3 is 0 Å². The van der Waals surface area contributed by atoms with Crippen LogP contribution >= 0.6 is 0 Å². The van der Waals surface area contributed by atoms with E-state index in [1.807, 2.05) is 13.8 Å². The van der Waals surface area contributed by atoms with Crippen LogP contribution < -0.4 is 0 Å². The van der Waals surface area contributed by atoms with Gasteiger partial charge in [0, 0.05) is 17.9 Å². The van der Waals surface area contributed by atoms with Crippen LogP contribution in [0.25, 0.3) is 0 Å². The fraction of sp³-hybridized carbons (Fsp3) is 1.00. The lowest BCUT2D eigenvalue weighted by Crippen LogP contribution is -2.59. The van der Waals surface area contributed by atoms with E-state index in [1.165, 1.54) is 0 Å². The molecule has 4 heteroatoms. The van der Waals surface area contributed by atoms with Crippen LogP contribution in [-0.4, -0.2) is 41.9 Å². The molecule has 1 aliphatic heterocycles. The zero-order valence-electron chi connectivity index (χ0n) is 14.4. The Morgan fingerprint density at radius 2 is 1.86 bits per heavy atom. The first-order valence-electron chi connectivity index (χ1n) is 8.18. The maximum absolute atomic E-state index is 9.56. The Labute approximate surface area is 129 Å². The number of aliphatic hydroxyl groups is 1. The molecule has 0 aromatic rings. The average molecular weight is 300 g/mol. The molecule has 124 valence electrons. The van der Waals surface area contributed by atoms with Crippen LogP contribution in [0.3, 0.4) is 0 Å². The van der Waals surface area contributed by atoms with Gasteiger partial charge in [-0.3, -0.25) is 0 Å². The van der Waals surface area contributed by atoms with Crippen molar-refractivity contribution < 1.29 is 19.3 Å². The quantitative estimate of drug-likeness (QED) is 0.870. The third-order valence-electron chi connectivity index (χ3n) is 4.94. The number of hydrogen-bond acceptors (Lipinski definition) is 4. The molecule has 0 bridgehead atoms. The fourth-order valence-corrected chi connectivity index (χ4v) is 3.85. The number of rotatable bonds is 3. The normalized spacial score (nSPS) is 39.9. The lowest BCUT2D eigenvalue weighted by Gasteiger charge is -2.55. The molecule has 4 atom stereocenters. The van der Waals surface area contributed by atoms with Crippen molar-refractivity contribution in [1.29, 1.82) is 0 Å². The van der Waals surface area contributed by atoms with Crippen molar-refractivity contribution in [3.63, 3.8) is 0 Å². The summed E-state index contributed by atoms with van der Waals surface area (Å²) in [4.78, 5) is 0. The van der Waals surface area contributed by atoms with E-state index in [0.29, 0.717) is 6.61 Å². The molecule has 0 aromatic heterocycles. The van der Waals surface area contributed by atoms with Crippen molar-refractivity contribution in [2.45, 2.75) is 84.4 Å². The van der Waals surface area contributed by atoms with Gasteiger partial charge in [0.15, 0.2) is 5.79 Å². The molecule has 1 N–H and O–H groups in total. The number of fused-ring (bicyclic) bond motifs is 1. The summed E-state index contributed by atoms with van der Waals surface area (Å²) in [6.07, 6.45) is 3.04. The smallest absolute Gasteiger partial charge is 0.163 e. The highest BCUT2D eigenvalue weighted by atomic mass is 16.7. The van der Waals surface area contributed by atoms with Gasteiger partial charge in [0.2, 0.25) is 0 Å². The van der Waals surface area contributed by atoms with E-state index in [4.69, 9.17) is 14.2 Å². The molecule has 21 heavy (non-hydrogen) atoms. The molecule has 2 aliphatic rings. The van der Waals surface area contributed by atoms with Crippen LogP contribution in [0.15, 0.2) is 0 Å². The Bertz CT molecular complexity index is 360. The maximum atomic E-state index is 9.56. The minimum atomic E-state index is -0.501. The second-order valence-corrected chi connectivity index (χ2v) is 8.25. The Morgan fingerprint density at radius 1 is 1.19 bits per heavy atom. The average Bonchev–Trinajstić information content (AvgIpc) is 2.31. The van der Waals surface area contributed by atoms with Crippen molar-refractivity contribution in [2.24, 2.45) is 11.3 Å². The third-order valence-corrected chi connectivity index (χ3v) is 4.94. The maximum Gasteiger partial charge on any atom is 0.163 e. The van der Waals surface area contributed by atoms with Crippen LogP contribution in [0.2, 0.25) is 0 Å². The molecular weight excluding hydrogens is 268 g/mol. The van der Waals surface area contributed by atoms with Crippen LogP contribution in [0, 0.1) is 11.3 Å². The van der Waals surface area contributed by atoms with E-state index in [2.05, 4.69) is 27.7 Å². The van der Waals surface area contributed by atoms with Gasteiger partial charge in [-0.15, -0.1) is 0 Å². The van der Waals surface area contributed by atoms with Gasteiger partial charge in [0.05, 0.1) is 24.4 Å². The number of hydrogen-bond donors (Lipinski definition) is 1. The van der Waals surface area contributed by atoms with E-state index in [9.17, 15) is 5.11 Å². The topological polar surface area (TPSA) is 47.9 Å². The number of aliphatic hydroxyl groups excluding tert-OH is 1. The van der Waals surface area contributed by atoms with Crippen molar-refractivity contribution in [1.82, 2.24) is 0 Å². The Kier molecular flexibility index (Phi) is 4.75.